The van der Waals surface area contributed by atoms with E-state index in [1.165, 1.54) is 6.42 Å². The normalized spacial score (nSPS) is 15.4. The number of fused-ring (bicyclic) bond motifs is 1. The molecule has 0 atom stereocenters. The molecular formula is C14H16N2O2S. The highest BCUT2D eigenvalue weighted by Crippen LogP contribution is 2.27. The van der Waals surface area contributed by atoms with E-state index in [-0.39, 0.29) is 12.5 Å². The van der Waals surface area contributed by atoms with Crippen molar-refractivity contribution >= 4 is 27.5 Å². The molecule has 1 heterocycles. The summed E-state index contributed by atoms with van der Waals surface area (Å²) < 4.78 is 1.03. The topological polar surface area (TPSA) is 53.4 Å². The van der Waals surface area contributed by atoms with Gasteiger partial charge in [0.25, 0.3) is 5.91 Å². The number of amides is 1. The van der Waals surface area contributed by atoms with Gasteiger partial charge in [0.2, 0.25) is 0 Å². The van der Waals surface area contributed by atoms with Gasteiger partial charge in [-0.05, 0) is 37.5 Å². The molecule has 1 aromatic heterocycles. The number of carbonyl (C=O) groups excluding carboxylic acids is 1. The highest BCUT2D eigenvalue weighted by atomic mass is 32.1. The minimum absolute atomic E-state index is 0.0189. The van der Waals surface area contributed by atoms with Crippen molar-refractivity contribution in [3.8, 4) is 0 Å². The fraction of sp³-hybridized carbons (Fsp3) is 0.429. The van der Waals surface area contributed by atoms with Crippen molar-refractivity contribution < 1.29 is 9.90 Å². The summed E-state index contributed by atoms with van der Waals surface area (Å²) in [6, 6.07) is 5.92. The number of benzene rings is 1. The second kappa shape index (κ2) is 5.27. The molecule has 1 saturated carbocycles. The van der Waals surface area contributed by atoms with E-state index in [4.69, 9.17) is 5.11 Å². The van der Waals surface area contributed by atoms with Crippen LogP contribution in [-0.4, -0.2) is 40.1 Å². The summed E-state index contributed by atoms with van der Waals surface area (Å²) in [5.74, 6) is 0.0223. The molecule has 0 aliphatic heterocycles. The van der Waals surface area contributed by atoms with Crippen LogP contribution in [0.4, 0.5) is 0 Å². The molecule has 4 nitrogen and oxygen atoms in total. The molecule has 0 bridgehead atoms. The van der Waals surface area contributed by atoms with Gasteiger partial charge >= 0.3 is 0 Å². The zero-order valence-corrected chi connectivity index (χ0v) is 11.4. The molecule has 1 aliphatic rings. The number of hydrogen-bond acceptors (Lipinski definition) is 4. The fourth-order valence-electron chi connectivity index (χ4n) is 2.41. The van der Waals surface area contributed by atoms with Gasteiger partial charge in [-0.15, -0.1) is 11.3 Å². The molecule has 0 spiro atoms. The molecule has 5 heteroatoms. The summed E-state index contributed by atoms with van der Waals surface area (Å²) in [7, 11) is 0. The Morgan fingerprint density at radius 3 is 3.00 bits per heavy atom. The molecule has 1 N–H and O–H groups in total. The zero-order chi connectivity index (χ0) is 13.2. The molecule has 0 radical (unpaired) electrons. The summed E-state index contributed by atoms with van der Waals surface area (Å²) in [5, 5.41) is 9.14. The third-order valence-corrected chi connectivity index (χ3v) is 4.49. The van der Waals surface area contributed by atoms with Crippen molar-refractivity contribution in [3.63, 3.8) is 0 Å². The van der Waals surface area contributed by atoms with Crippen molar-refractivity contribution in [1.82, 2.24) is 9.88 Å². The minimum atomic E-state index is 0.0189. The molecule has 1 fully saturated rings. The van der Waals surface area contributed by atoms with E-state index in [1.807, 2.05) is 23.1 Å². The molecule has 100 valence electrons. The first kappa shape index (κ1) is 12.6. The zero-order valence-electron chi connectivity index (χ0n) is 10.6. The van der Waals surface area contributed by atoms with E-state index in [1.54, 1.807) is 16.8 Å². The summed E-state index contributed by atoms with van der Waals surface area (Å²) in [6.07, 6.45) is 3.27. The van der Waals surface area contributed by atoms with Crippen molar-refractivity contribution in [3.05, 3.63) is 29.3 Å². The van der Waals surface area contributed by atoms with Crippen LogP contribution in [0.2, 0.25) is 0 Å². The Balaban J connectivity index is 1.87. The Kier molecular flexibility index (Phi) is 3.48. The average molecular weight is 276 g/mol. The summed E-state index contributed by atoms with van der Waals surface area (Å²) in [4.78, 5) is 18.6. The van der Waals surface area contributed by atoms with Gasteiger partial charge in [-0.25, -0.2) is 4.98 Å². The number of aliphatic hydroxyl groups is 1. The van der Waals surface area contributed by atoms with Crippen molar-refractivity contribution in [1.29, 1.82) is 0 Å². The van der Waals surface area contributed by atoms with Gasteiger partial charge in [0, 0.05) is 18.2 Å². The number of nitrogens with zero attached hydrogens (tertiary/aromatic N) is 2. The lowest BCUT2D eigenvalue weighted by Gasteiger charge is -2.37. The predicted octanol–water partition coefficient (Wildman–Crippen LogP) is 2.28. The van der Waals surface area contributed by atoms with Crippen LogP contribution in [0.15, 0.2) is 23.7 Å². The SMILES string of the molecule is O=C(c1ccc2ncsc2c1)N(CCO)C1CCC1. The van der Waals surface area contributed by atoms with Crippen LogP contribution >= 0.6 is 11.3 Å². The van der Waals surface area contributed by atoms with Gasteiger partial charge in [0.15, 0.2) is 0 Å². The summed E-state index contributed by atoms with van der Waals surface area (Å²) in [5.41, 5.74) is 3.41. The van der Waals surface area contributed by atoms with Crippen LogP contribution in [0, 0.1) is 0 Å². The van der Waals surface area contributed by atoms with E-state index in [0.717, 1.165) is 23.1 Å². The van der Waals surface area contributed by atoms with Crippen molar-refractivity contribution in [2.75, 3.05) is 13.2 Å². The van der Waals surface area contributed by atoms with E-state index in [9.17, 15) is 4.79 Å². The first-order valence-electron chi connectivity index (χ1n) is 6.54. The van der Waals surface area contributed by atoms with Crippen LogP contribution in [-0.2, 0) is 0 Å². The van der Waals surface area contributed by atoms with Gasteiger partial charge in [0.1, 0.15) is 0 Å². The predicted molar refractivity (Wildman–Crippen MR) is 75.4 cm³/mol. The van der Waals surface area contributed by atoms with Gasteiger partial charge in [-0.1, -0.05) is 0 Å². The molecule has 3 rings (SSSR count). The van der Waals surface area contributed by atoms with Gasteiger partial charge in [-0.2, -0.15) is 0 Å². The van der Waals surface area contributed by atoms with E-state index in [2.05, 4.69) is 4.98 Å². The molecule has 1 aliphatic carbocycles. The maximum atomic E-state index is 12.5. The lowest BCUT2D eigenvalue weighted by atomic mass is 9.91. The molecule has 0 unspecified atom stereocenters. The summed E-state index contributed by atoms with van der Waals surface area (Å²) in [6.45, 7) is 0.440. The molecule has 2 aromatic rings. The average Bonchev–Trinajstić information content (AvgIpc) is 2.82. The highest BCUT2D eigenvalue weighted by Gasteiger charge is 2.29. The van der Waals surface area contributed by atoms with Crippen molar-refractivity contribution in [2.24, 2.45) is 0 Å². The molecule has 0 saturated heterocycles. The first-order chi connectivity index (χ1) is 9.29. The first-order valence-corrected chi connectivity index (χ1v) is 7.42. The molecule has 19 heavy (non-hydrogen) atoms. The third kappa shape index (κ3) is 2.35. The van der Waals surface area contributed by atoms with Gasteiger partial charge in [0.05, 0.1) is 22.3 Å². The molecule has 1 aromatic carbocycles. The van der Waals surface area contributed by atoms with Gasteiger partial charge in [-0.3, -0.25) is 4.79 Å². The molecule has 1 amide bonds. The highest BCUT2D eigenvalue weighted by molar-refractivity contribution is 7.16. The van der Waals surface area contributed by atoms with Crippen LogP contribution < -0.4 is 0 Å². The lowest BCUT2D eigenvalue weighted by molar-refractivity contribution is 0.0526. The Morgan fingerprint density at radius 2 is 2.32 bits per heavy atom. The number of aromatic nitrogens is 1. The van der Waals surface area contributed by atoms with E-state index in [0.29, 0.717) is 18.2 Å². The lowest BCUT2D eigenvalue weighted by Crippen LogP contribution is -2.45. The maximum Gasteiger partial charge on any atom is 0.254 e. The van der Waals surface area contributed by atoms with Gasteiger partial charge < -0.3 is 10.0 Å². The fourth-order valence-corrected chi connectivity index (χ4v) is 3.13. The van der Waals surface area contributed by atoms with E-state index < -0.39 is 0 Å². The number of hydrogen-bond donors (Lipinski definition) is 1. The van der Waals surface area contributed by atoms with E-state index >= 15 is 0 Å². The second-order valence-electron chi connectivity index (χ2n) is 4.84. The number of rotatable bonds is 4. The number of aliphatic hydroxyl groups excluding tert-OH is 1. The molecular weight excluding hydrogens is 260 g/mol. The second-order valence-corrected chi connectivity index (χ2v) is 5.73. The monoisotopic (exact) mass is 276 g/mol. The minimum Gasteiger partial charge on any atom is -0.395 e. The Hall–Kier alpha value is -1.46. The van der Waals surface area contributed by atoms with Crippen LogP contribution in [0.1, 0.15) is 29.6 Å². The van der Waals surface area contributed by atoms with Crippen LogP contribution in [0.3, 0.4) is 0 Å². The standard InChI is InChI=1S/C14H16N2O2S/c17-7-6-16(11-2-1-3-11)14(18)10-4-5-12-13(8-10)19-9-15-12/h4-5,8-9,11,17H,1-3,6-7H2. The van der Waals surface area contributed by atoms with Crippen molar-refractivity contribution in [2.45, 2.75) is 25.3 Å². The largest absolute Gasteiger partial charge is 0.395 e. The Labute approximate surface area is 115 Å². The Morgan fingerprint density at radius 1 is 1.47 bits per heavy atom. The Bertz CT molecular complexity index is 592. The quantitative estimate of drug-likeness (QED) is 0.932. The van der Waals surface area contributed by atoms with Crippen LogP contribution in [0.5, 0.6) is 0 Å². The number of thiazole rings is 1. The summed E-state index contributed by atoms with van der Waals surface area (Å²) >= 11 is 1.54. The maximum absolute atomic E-state index is 12.5. The third-order valence-electron chi connectivity index (χ3n) is 3.70. The van der Waals surface area contributed by atoms with Crippen LogP contribution in [0.25, 0.3) is 10.2 Å². The smallest absolute Gasteiger partial charge is 0.254 e. The number of carbonyl (C=O) groups is 1.